The van der Waals surface area contributed by atoms with Crippen LogP contribution in [0.5, 0.6) is 0 Å². The first-order valence-corrected chi connectivity index (χ1v) is 8.32. The minimum Gasteiger partial charge on any atom is -0.308 e. The van der Waals surface area contributed by atoms with Gasteiger partial charge in [-0.1, -0.05) is 6.92 Å². The predicted molar refractivity (Wildman–Crippen MR) is 81.1 cm³/mol. The van der Waals surface area contributed by atoms with Gasteiger partial charge < -0.3 is 5.43 Å². The quantitative estimate of drug-likeness (QED) is 0.657. The Bertz CT molecular complexity index is 425. The summed E-state index contributed by atoms with van der Waals surface area (Å²) in [7, 11) is 0. The molecular weight excluding hydrogens is 264 g/mol. The zero-order valence-electron chi connectivity index (χ0n) is 11.1. The number of anilines is 1. The van der Waals surface area contributed by atoms with Gasteiger partial charge in [0.15, 0.2) is 0 Å². The number of aromatic nitrogens is 2. The van der Waals surface area contributed by atoms with Crippen LogP contribution in [0.2, 0.25) is 0 Å². The number of rotatable bonds is 3. The van der Waals surface area contributed by atoms with E-state index in [1.54, 1.807) is 0 Å². The molecule has 1 aromatic heterocycles. The van der Waals surface area contributed by atoms with E-state index in [9.17, 15) is 0 Å². The number of nitrogens with one attached hydrogen (secondary N) is 1. The Morgan fingerprint density at radius 2 is 2.00 bits per heavy atom. The standard InChI is InChI=1S/C12H20N4S2/c1-4-9-10(18-6-5-17-9)12-14-8(3)7(2)11(15-12)16-13/h9-10H,4-6,13H2,1-3H3,(H,14,15,16). The Hall–Kier alpha value is -0.460. The summed E-state index contributed by atoms with van der Waals surface area (Å²) >= 11 is 4.01. The van der Waals surface area contributed by atoms with Gasteiger partial charge in [0.2, 0.25) is 0 Å². The topological polar surface area (TPSA) is 63.8 Å². The molecule has 6 heteroatoms. The summed E-state index contributed by atoms with van der Waals surface area (Å²) in [6.07, 6.45) is 1.16. The van der Waals surface area contributed by atoms with E-state index in [1.807, 2.05) is 37.4 Å². The third kappa shape index (κ3) is 2.75. The van der Waals surface area contributed by atoms with Gasteiger partial charge in [0.05, 0.1) is 5.25 Å². The average Bonchev–Trinajstić information content (AvgIpc) is 2.41. The molecule has 1 saturated heterocycles. The summed E-state index contributed by atoms with van der Waals surface area (Å²) in [4.78, 5) is 9.25. The van der Waals surface area contributed by atoms with Gasteiger partial charge in [-0.25, -0.2) is 15.8 Å². The van der Waals surface area contributed by atoms with Crippen molar-refractivity contribution in [2.75, 3.05) is 16.9 Å². The number of nitrogen functional groups attached to an aromatic ring is 1. The highest BCUT2D eigenvalue weighted by Crippen LogP contribution is 2.43. The van der Waals surface area contributed by atoms with E-state index in [0.717, 1.165) is 29.3 Å². The van der Waals surface area contributed by atoms with Crippen molar-refractivity contribution < 1.29 is 0 Å². The Labute approximate surface area is 117 Å². The van der Waals surface area contributed by atoms with Crippen molar-refractivity contribution in [2.24, 2.45) is 5.84 Å². The van der Waals surface area contributed by atoms with Crippen molar-refractivity contribution in [1.82, 2.24) is 9.97 Å². The molecule has 0 amide bonds. The summed E-state index contributed by atoms with van der Waals surface area (Å²) in [6, 6.07) is 0. The average molecular weight is 284 g/mol. The molecule has 2 unspecified atom stereocenters. The Balaban J connectivity index is 2.34. The minimum absolute atomic E-state index is 0.389. The number of hydrogen-bond acceptors (Lipinski definition) is 6. The molecule has 2 atom stereocenters. The molecule has 1 aliphatic heterocycles. The Kier molecular flexibility index (Phi) is 4.75. The lowest BCUT2D eigenvalue weighted by Gasteiger charge is -2.29. The second kappa shape index (κ2) is 6.12. The van der Waals surface area contributed by atoms with Crippen LogP contribution in [0.25, 0.3) is 0 Å². The van der Waals surface area contributed by atoms with Gasteiger partial charge in [0.1, 0.15) is 11.6 Å². The van der Waals surface area contributed by atoms with E-state index in [-0.39, 0.29) is 0 Å². The molecule has 1 aliphatic rings. The number of aryl methyl sites for hydroxylation is 1. The maximum absolute atomic E-state index is 5.53. The molecule has 2 heterocycles. The lowest BCUT2D eigenvalue weighted by atomic mass is 10.2. The number of nitrogens with zero attached hydrogens (tertiary/aromatic N) is 2. The first kappa shape index (κ1) is 14.0. The maximum atomic E-state index is 5.53. The highest BCUT2D eigenvalue weighted by atomic mass is 32.2. The molecule has 4 nitrogen and oxygen atoms in total. The van der Waals surface area contributed by atoms with E-state index in [0.29, 0.717) is 10.5 Å². The van der Waals surface area contributed by atoms with Crippen LogP contribution in [0.3, 0.4) is 0 Å². The third-order valence-corrected chi connectivity index (χ3v) is 6.49. The largest absolute Gasteiger partial charge is 0.308 e. The molecule has 0 saturated carbocycles. The van der Waals surface area contributed by atoms with E-state index in [4.69, 9.17) is 5.84 Å². The third-order valence-electron chi connectivity index (χ3n) is 3.25. The zero-order valence-corrected chi connectivity index (χ0v) is 12.7. The van der Waals surface area contributed by atoms with E-state index >= 15 is 0 Å². The van der Waals surface area contributed by atoms with Gasteiger partial charge in [-0.05, 0) is 20.3 Å². The molecule has 3 N–H and O–H groups in total. The molecular formula is C12H20N4S2. The van der Waals surface area contributed by atoms with Crippen LogP contribution in [0.15, 0.2) is 0 Å². The van der Waals surface area contributed by atoms with Crippen molar-refractivity contribution in [3.8, 4) is 0 Å². The Morgan fingerprint density at radius 1 is 1.28 bits per heavy atom. The minimum atomic E-state index is 0.389. The fourth-order valence-corrected chi connectivity index (χ4v) is 5.05. The smallest absolute Gasteiger partial charge is 0.146 e. The first-order chi connectivity index (χ1) is 8.67. The van der Waals surface area contributed by atoms with Crippen LogP contribution in [0.1, 0.15) is 35.7 Å². The monoisotopic (exact) mass is 284 g/mol. The lowest BCUT2D eigenvalue weighted by Crippen LogP contribution is -2.22. The van der Waals surface area contributed by atoms with Crippen LogP contribution in [0.4, 0.5) is 5.82 Å². The summed E-state index contributed by atoms with van der Waals surface area (Å²) < 4.78 is 0. The molecule has 0 bridgehead atoms. The van der Waals surface area contributed by atoms with E-state index in [2.05, 4.69) is 22.3 Å². The number of nitrogens with two attached hydrogens (primary N) is 1. The highest BCUT2D eigenvalue weighted by Gasteiger charge is 2.29. The summed E-state index contributed by atoms with van der Waals surface area (Å²) in [5.74, 6) is 9.61. The highest BCUT2D eigenvalue weighted by molar-refractivity contribution is 8.06. The molecule has 0 aromatic carbocycles. The molecule has 0 radical (unpaired) electrons. The molecule has 0 aliphatic carbocycles. The SMILES string of the molecule is CCC1SCCSC1c1nc(C)c(C)c(NN)n1. The normalized spacial score (nSPS) is 24.0. The fraction of sp³-hybridized carbons (Fsp3) is 0.667. The van der Waals surface area contributed by atoms with Crippen LogP contribution in [-0.2, 0) is 0 Å². The molecule has 1 fully saturated rings. The second-order valence-electron chi connectivity index (χ2n) is 4.39. The van der Waals surface area contributed by atoms with Crippen LogP contribution in [-0.4, -0.2) is 26.7 Å². The molecule has 1 aromatic rings. The number of hydrazine groups is 1. The van der Waals surface area contributed by atoms with Gasteiger partial charge in [0, 0.05) is 28.0 Å². The predicted octanol–water partition coefficient (Wildman–Crippen LogP) is 2.68. The number of thioether (sulfide) groups is 2. The zero-order chi connectivity index (χ0) is 13.1. The van der Waals surface area contributed by atoms with Gasteiger partial charge >= 0.3 is 0 Å². The van der Waals surface area contributed by atoms with E-state index in [1.165, 1.54) is 11.5 Å². The molecule has 18 heavy (non-hydrogen) atoms. The summed E-state index contributed by atoms with van der Waals surface area (Å²) in [6.45, 7) is 6.25. The summed E-state index contributed by atoms with van der Waals surface area (Å²) in [5, 5.41) is 0.997. The van der Waals surface area contributed by atoms with Crippen molar-refractivity contribution in [3.05, 3.63) is 17.1 Å². The number of hydrogen-bond donors (Lipinski definition) is 2. The van der Waals surface area contributed by atoms with Gasteiger partial charge in [-0.15, -0.1) is 11.8 Å². The molecule has 2 rings (SSSR count). The Morgan fingerprint density at radius 3 is 2.67 bits per heavy atom. The van der Waals surface area contributed by atoms with Crippen LogP contribution < -0.4 is 11.3 Å². The summed E-state index contributed by atoms with van der Waals surface area (Å²) in [5.41, 5.74) is 4.72. The maximum Gasteiger partial charge on any atom is 0.146 e. The first-order valence-electron chi connectivity index (χ1n) is 6.22. The lowest BCUT2D eigenvalue weighted by molar-refractivity contribution is 0.743. The van der Waals surface area contributed by atoms with Crippen LogP contribution in [0, 0.1) is 13.8 Å². The van der Waals surface area contributed by atoms with Gasteiger partial charge in [0.25, 0.3) is 0 Å². The van der Waals surface area contributed by atoms with Crippen molar-refractivity contribution in [2.45, 2.75) is 37.7 Å². The van der Waals surface area contributed by atoms with Gasteiger partial charge in [-0.3, -0.25) is 0 Å². The van der Waals surface area contributed by atoms with Crippen molar-refractivity contribution in [1.29, 1.82) is 0 Å². The van der Waals surface area contributed by atoms with Crippen molar-refractivity contribution >= 4 is 29.3 Å². The molecule has 100 valence electrons. The van der Waals surface area contributed by atoms with Crippen LogP contribution >= 0.6 is 23.5 Å². The molecule has 0 spiro atoms. The van der Waals surface area contributed by atoms with E-state index < -0.39 is 0 Å². The van der Waals surface area contributed by atoms with Crippen molar-refractivity contribution in [3.63, 3.8) is 0 Å². The second-order valence-corrected chi connectivity index (χ2v) is 6.99. The fourth-order valence-electron chi connectivity index (χ4n) is 2.06. The van der Waals surface area contributed by atoms with Gasteiger partial charge in [-0.2, -0.15) is 11.8 Å².